The van der Waals surface area contributed by atoms with Crippen LogP contribution >= 0.6 is 24.8 Å². The summed E-state index contributed by atoms with van der Waals surface area (Å²) in [6.45, 7) is 2.19. The van der Waals surface area contributed by atoms with E-state index < -0.39 is 0 Å². The van der Waals surface area contributed by atoms with Crippen LogP contribution in [0.3, 0.4) is 0 Å². The molecule has 1 aromatic heterocycles. The smallest absolute Gasteiger partial charge is 0.220 e. The first-order chi connectivity index (χ1) is 11.7. The van der Waals surface area contributed by atoms with E-state index in [1.807, 2.05) is 24.5 Å². The van der Waals surface area contributed by atoms with E-state index in [1.165, 1.54) is 19.3 Å². The SMILES string of the molecule is Cl.Cl.NCC1(CC(=O)NCCCn2cnc3ccccc32)CCCCC1. The molecule has 1 aliphatic rings. The average molecular weight is 401 g/mol. The van der Waals surface area contributed by atoms with Crippen molar-refractivity contribution < 1.29 is 4.79 Å². The van der Waals surface area contributed by atoms with E-state index in [0.29, 0.717) is 19.5 Å². The molecule has 2 aromatic rings. The number of halogens is 2. The normalized spacial score (nSPS) is 15.7. The average Bonchev–Trinajstić information content (AvgIpc) is 3.03. The lowest BCUT2D eigenvalue weighted by Crippen LogP contribution is -2.38. The Kier molecular flexibility index (Phi) is 9.41. The maximum Gasteiger partial charge on any atom is 0.220 e. The molecule has 5 nitrogen and oxygen atoms in total. The second-order valence-electron chi connectivity index (χ2n) is 7.07. The van der Waals surface area contributed by atoms with Gasteiger partial charge in [-0.1, -0.05) is 31.4 Å². The van der Waals surface area contributed by atoms with E-state index >= 15 is 0 Å². The first-order valence-corrected chi connectivity index (χ1v) is 9.09. The van der Waals surface area contributed by atoms with Crippen LogP contribution in [-0.2, 0) is 11.3 Å². The zero-order chi connectivity index (χ0) is 16.8. The highest BCUT2D eigenvalue weighted by molar-refractivity contribution is 5.85. The summed E-state index contributed by atoms with van der Waals surface area (Å²) >= 11 is 0. The van der Waals surface area contributed by atoms with Crippen molar-refractivity contribution in [1.29, 1.82) is 0 Å². The Morgan fingerprint density at radius 2 is 1.92 bits per heavy atom. The second kappa shape index (κ2) is 10.8. The molecule has 3 rings (SSSR count). The van der Waals surface area contributed by atoms with Crippen LogP contribution in [0.25, 0.3) is 11.0 Å². The molecule has 1 amide bonds. The number of hydrogen-bond acceptors (Lipinski definition) is 3. The molecule has 1 heterocycles. The van der Waals surface area contributed by atoms with Crippen molar-refractivity contribution in [2.45, 2.75) is 51.5 Å². The zero-order valence-corrected chi connectivity index (χ0v) is 16.8. The molecule has 1 aliphatic carbocycles. The van der Waals surface area contributed by atoms with Crippen LogP contribution in [0.15, 0.2) is 30.6 Å². The van der Waals surface area contributed by atoms with E-state index in [1.54, 1.807) is 0 Å². The number of hydrogen-bond donors (Lipinski definition) is 2. The Balaban J connectivity index is 0.00000169. The molecule has 0 spiro atoms. The quantitative estimate of drug-likeness (QED) is 0.695. The number of carbonyl (C=O) groups excluding carboxylic acids is 1. The minimum Gasteiger partial charge on any atom is -0.356 e. The van der Waals surface area contributed by atoms with Crippen LogP contribution < -0.4 is 11.1 Å². The lowest BCUT2D eigenvalue weighted by atomic mass is 9.71. The van der Waals surface area contributed by atoms with Gasteiger partial charge in [-0.2, -0.15) is 0 Å². The van der Waals surface area contributed by atoms with E-state index in [9.17, 15) is 4.79 Å². The van der Waals surface area contributed by atoms with E-state index in [2.05, 4.69) is 20.9 Å². The van der Waals surface area contributed by atoms with E-state index in [4.69, 9.17) is 5.73 Å². The third-order valence-corrected chi connectivity index (χ3v) is 5.31. The molecule has 0 unspecified atom stereocenters. The zero-order valence-electron chi connectivity index (χ0n) is 15.2. The molecule has 0 atom stereocenters. The van der Waals surface area contributed by atoms with Crippen molar-refractivity contribution in [2.24, 2.45) is 11.1 Å². The summed E-state index contributed by atoms with van der Waals surface area (Å²) in [4.78, 5) is 16.7. The van der Waals surface area contributed by atoms with Gasteiger partial charge in [0.1, 0.15) is 0 Å². The first-order valence-electron chi connectivity index (χ1n) is 9.09. The highest BCUT2D eigenvalue weighted by Gasteiger charge is 2.32. The molecule has 26 heavy (non-hydrogen) atoms. The molecule has 1 fully saturated rings. The monoisotopic (exact) mass is 400 g/mol. The number of carbonyl (C=O) groups is 1. The van der Waals surface area contributed by atoms with Crippen LogP contribution in [-0.4, -0.2) is 28.5 Å². The maximum absolute atomic E-state index is 12.3. The minimum atomic E-state index is 0. The number of nitrogens with zero attached hydrogens (tertiary/aromatic N) is 2. The number of nitrogens with one attached hydrogen (secondary N) is 1. The number of nitrogens with two attached hydrogens (primary N) is 1. The van der Waals surface area contributed by atoms with Crippen molar-refractivity contribution in [3.8, 4) is 0 Å². The summed E-state index contributed by atoms with van der Waals surface area (Å²) in [6.07, 6.45) is 9.24. The van der Waals surface area contributed by atoms with Crippen molar-refractivity contribution in [3.63, 3.8) is 0 Å². The molecule has 0 radical (unpaired) electrons. The fourth-order valence-corrected chi connectivity index (χ4v) is 3.82. The fraction of sp³-hybridized carbons (Fsp3) is 0.579. The third kappa shape index (κ3) is 5.60. The molecule has 1 saturated carbocycles. The number of rotatable bonds is 7. The number of fused-ring (bicyclic) bond motifs is 1. The standard InChI is InChI=1S/C19H28N4O.2ClH/c20-14-19(9-4-1-5-10-19)13-18(24)21-11-6-12-23-15-22-16-7-2-3-8-17(16)23;;/h2-3,7-8,15H,1,4-6,9-14,20H2,(H,21,24);2*1H. The fourth-order valence-electron chi connectivity index (χ4n) is 3.82. The highest BCUT2D eigenvalue weighted by atomic mass is 35.5. The number of aryl methyl sites for hydroxylation is 1. The largest absolute Gasteiger partial charge is 0.356 e. The maximum atomic E-state index is 12.3. The molecular formula is C19H30Cl2N4O. The van der Waals surface area contributed by atoms with Gasteiger partial charge in [-0.3, -0.25) is 4.79 Å². The summed E-state index contributed by atoms with van der Waals surface area (Å²) < 4.78 is 2.14. The molecule has 0 aliphatic heterocycles. The van der Waals surface area contributed by atoms with Gasteiger partial charge in [-0.15, -0.1) is 24.8 Å². The lowest BCUT2D eigenvalue weighted by Gasteiger charge is -2.35. The molecule has 146 valence electrons. The second-order valence-corrected chi connectivity index (χ2v) is 7.07. The third-order valence-electron chi connectivity index (χ3n) is 5.31. The van der Waals surface area contributed by atoms with Crippen LogP contribution in [0.4, 0.5) is 0 Å². The molecule has 7 heteroatoms. The molecular weight excluding hydrogens is 371 g/mol. The van der Waals surface area contributed by atoms with Crippen LogP contribution in [0.1, 0.15) is 44.9 Å². The van der Waals surface area contributed by atoms with Gasteiger partial charge in [-0.05, 0) is 43.4 Å². The number of amides is 1. The van der Waals surface area contributed by atoms with Gasteiger partial charge in [0.15, 0.2) is 0 Å². The van der Waals surface area contributed by atoms with Crippen molar-refractivity contribution in [3.05, 3.63) is 30.6 Å². The van der Waals surface area contributed by atoms with Crippen molar-refractivity contribution in [1.82, 2.24) is 14.9 Å². The summed E-state index contributed by atoms with van der Waals surface area (Å²) in [5.74, 6) is 0.151. The topological polar surface area (TPSA) is 72.9 Å². The lowest BCUT2D eigenvalue weighted by molar-refractivity contribution is -0.123. The predicted molar refractivity (Wildman–Crippen MR) is 111 cm³/mol. The van der Waals surface area contributed by atoms with Gasteiger partial charge >= 0.3 is 0 Å². The molecule has 3 N–H and O–H groups in total. The van der Waals surface area contributed by atoms with Crippen LogP contribution in [0, 0.1) is 5.41 Å². The highest BCUT2D eigenvalue weighted by Crippen LogP contribution is 2.38. The van der Waals surface area contributed by atoms with Gasteiger partial charge < -0.3 is 15.6 Å². The Morgan fingerprint density at radius 3 is 2.65 bits per heavy atom. The van der Waals surface area contributed by atoms with Gasteiger partial charge in [0.05, 0.1) is 17.4 Å². The van der Waals surface area contributed by atoms with Gasteiger partial charge in [0.2, 0.25) is 5.91 Å². The first kappa shape index (κ1) is 22.7. The Hall–Kier alpha value is -1.30. The van der Waals surface area contributed by atoms with E-state index in [0.717, 1.165) is 36.8 Å². The van der Waals surface area contributed by atoms with Gasteiger partial charge in [0.25, 0.3) is 0 Å². The van der Waals surface area contributed by atoms with Crippen molar-refractivity contribution in [2.75, 3.05) is 13.1 Å². The predicted octanol–water partition coefficient (Wildman–Crippen LogP) is 3.69. The summed E-state index contributed by atoms with van der Waals surface area (Å²) in [7, 11) is 0. The Morgan fingerprint density at radius 1 is 1.19 bits per heavy atom. The Labute approximate surface area is 167 Å². The summed E-state index contributed by atoms with van der Waals surface area (Å²) in [5.41, 5.74) is 8.18. The number of aromatic nitrogens is 2. The summed E-state index contributed by atoms with van der Waals surface area (Å²) in [6, 6.07) is 8.12. The molecule has 1 aromatic carbocycles. The minimum absolute atomic E-state index is 0. The number of imidazole rings is 1. The van der Waals surface area contributed by atoms with Gasteiger partial charge in [-0.25, -0.2) is 4.98 Å². The van der Waals surface area contributed by atoms with E-state index in [-0.39, 0.29) is 36.1 Å². The number of para-hydroxylation sites is 2. The molecule has 0 saturated heterocycles. The van der Waals surface area contributed by atoms with Gasteiger partial charge in [0, 0.05) is 19.5 Å². The van der Waals surface area contributed by atoms with Crippen molar-refractivity contribution >= 4 is 41.8 Å². The Bertz CT molecular complexity index is 683. The molecule has 0 bridgehead atoms. The van der Waals surface area contributed by atoms with Crippen LogP contribution in [0.2, 0.25) is 0 Å². The number of benzene rings is 1. The summed E-state index contributed by atoms with van der Waals surface area (Å²) in [5, 5.41) is 3.07. The van der Waals surface area contributed by atoms with Crippen LogP contribution in [0.5, 0.6) is 0 Å².